The quantitative estimate of drug-likeness (QED) is 0.601. The third kappa shape index (κ3) is 3.99. The van der Waals surface area contributed by atoms with Gasteiger partial charge in [0.05, 0.1) is 6.26 Å². The van der Waals surface area contributed by atoms with Crippen molar-refractivity contribution in [1.82, 2.24) is 5.32 Å². The molecule has 5 rings (SSSR count). The molecule has 2 amide bonds. The Hall–Kier alpha value is -3.94. The smallest absolute Gasteiger partial charge is 0.313 e. The van der Waals surface area contributed by atoms with E-state index < -0.39 is 11.8 Å². The SMILES string of the molecule is O=C(NC[C@@H](c1ccco1)N1CCc2ccccc21)C(=O)Nc1ccc2c(c1)OCCO2. The molecule has 0 radical (unpaired) electrons. The van der Waals surface area contributed by atoms with Gasteiger partial charge in [-0.1, -0.05) is 18.2 Å². The Bertz CT molecular complexity index is 1130. The molecular weight excluding hydrogens is 410 g/mol. The molecule has 2 aliphatic rings. The zero-order valence-electron chi connectivity index (χ0n) is 17.4. The number of hydrogen-bond donors (Lipinski definition) is 2. The maximum atomic E-state index is 12.5. The summed E-state index contributed by atoms with van der Waals surface area (Å²) >= 11 is 0. The van der Waals surface area contributed by atoms with Crippen LogP contribution in [0.25, 0.3) is 0 Å². The second-order valence-corrected chi connectivity index (χ2v) is 7.63. The number of rotatable bonds is 5. The van der Waals surface area contributed by atoms with E-state index in [0.29, 0.717) is 30.4 Å². The Morgan fingerprint density at radius 3 is 2.66 bits per heavy atom. The lowest BCUT2D eigenvalue weighted by Gasteiger charge is -2.29. The van der Waals surface area contributed by atoms with Gasteiger partial charge >= 0.3 is 11.8 Å². The molecule has 0 saturated carbocycles. The molecule has 0 saturated heterocycles. The lowest BCUT2D eigenvalue weighted by Crippen LogP contribution is -2.41. The number of ether oxygens (including phenoxy) is 2. The number of amides is 2. The molecular formula is C24H23N3O5. The van der Waals surface area contributed by atoms with Crippen molar-refractivity contribution in [3.63, 3.8) is 0 Å². The summed E-state index contributed by atoms with van der Waals surface area (Å²) in [6, 6.07) is 16.7. The molecule has 1 aromatic heterocycles. The molecule has 3 heterocycles. The number of benzene rings is 2. The first-order chi connectivity index (χ1) is 15.7. The summed E-state index contributed by atoms with van der Waals surface area (Å²) in [5, 5.41) is 5.36. The predicted octanol–water partition coefficient (Wildman–Crippen LogP) is 2.91. The first kappa shape index (κ1) is 20.0. The summed E-state index contributed by atoms with van der Waals surface area (Å²) in [4.78, 5) is 27.2. The lowest BCUT2D eigenvalue weighted by atomic mass is 10.1. The minimum atomic E-state index is -0.748. The average Bonchev–Trinajstić information content (AvgIpc) is 3.50. The lowest BCUT2D eigenvalue weighted by molar-refractivity contribution is -0.136. The number of furan rings is 1. The van der Waals surface area contributed by atoms with Crippen molar-refractivity contribution in [3.8, 4) is 11.5 Å². The molecule has 1 atom stereocenters. The highest BCUT2D eigenvalue weighted by atomic mass is 16.6. The van der Waals surface area contributed by atoms with Gasteiger partial charge in [-0.15, -0.1) is 0 Å². The third-order valence-corrected chi connectivity index (χ3v) is 5.63. The van der Waals surface area contributed by atoms with Gasteiger partial charge in [-0.25, -0.2) is 0 Å². The highest BCUT2D eigenvalue weighted by molar-refractivity contribution is 6.39. The summed E-state index contributed by atoms with van der Waals surface area (Å²) in [5.41, 5.74) is 2.83. The third-order valence-electron chi connectivity index (χ3n) is 5.63. The second kappa shape index (κ2) is 8.66. The van der Waals surface area contributed by atoms with Gasteiger partial charge in [0.25, 0.3) is 0 Å². The molecule has 32 heavy (non-hydrogen) atoms. The summed E-state index contributed by atoms with van der Waals surface area (Å²) < 4.78 is 16.6. The van der Waals surface area contributed by atoms with Crippen LogP contribution in [0.5, 0.6) is 11.5 Å². The van der Waals surface area contributed by atoms with Crippen molar-refractivity contribution in [2.24, 2.45) is 0 Å². The summed E-state index contributed by atoms with van der Waals surface area (Å²) in [7, 11) is 0. The number of carbonyl (C=O) groups excluding carboxylic acids is 2. The fraction of sp³-hybridized carbons (Fsp3) is 0.250. The maximum Gasteiger partial charge on any atom is 0.313 e. The first-order valence-corrected chi connectivity index (χ1v) is 10.6. The predicted molar refractivity (Wildman–Crippen MR) is 118 cm³/mol. The molecule has 0 unspecified atom stereocenters. The van der Waals surface area contributed by atoms with Crippen LogP contribution in [-0.4, -0.2) is 38.1 Å². The van der Waals surface area contributed by atoms with E-state index >= 15 is 0 Å². The number of fused-ring (bicyclic) bond motifs is 2. The molecule has 8 heteroatoms. The molecule has 3 aromatic rings. The van der Waals surface area contributed by atoms with E-state index in [-0.39, 0.29) is 12.6 Å². The molecule has 2 N–H and O–H groups in total. The summed E-state index contributed by atoms with van der Waals surface area (Å²) in [6.07, 6.45) is 2.53. The highest BCUT2D eigenvalue weighted by Crippen LogP contribution is 2.35. The summed E-state index contributed by atoms with van der Waals surface area (Å²) in [6.45, 7) is 1.97. The van der Waals surface area contributed by atoms with Crippen LogP contribution < -0.4 is 25.0 Å². The Labute approximate surface area is 185 Å². The van der Waals surface area contributed by atoms with Gasteiger partial charge in [-0.3, -0.25) is 9.59 Å². The van der Waals surface area contributed by atoms with Crippen molar-refractivity contribution >= 4 is 23.2 Å². The Balaban J connectivity index is 1.25. The van der Waals surface area contributed by atoms with Crippen molar-refractivity contribution in [3.05, 3.63) is 72.2 Å². The molecule has 164 valence electrons. The number of nitrogens with one attached hydrogen (secondary N) is 2. The Kier molecular flexibility index (Phi) is 5.41. The molecule has 2 aromatic carbocycles. The van der Waals surface area contributed by atoms with Crippen LogP contribution in [0.2, 0.25) is 0 Å². The van der Waals surface area contributed by atoms with Crippen molar-refractivity contribution in [1.29, 1.82) is 0 Å². The van der Waals surface area contributed by atoms with E-state index in [2.05, 4.69) is 27.7 Å². The maximum absolute atomic E-state index is 12.5. The van der Waals surface area contributed by atoms with Crippen LogP contribution >= 0.6 is 0 Å². The number of nitrogens with zero attached hydrogens (tertiary/aromatic N) is 1. The van der Waals surface area contributed by atoms with Crippen molar-refractivity contribution < 1.29 is 23.5 Å². The average molecular weight is 433 g/mol. The van der Waals surface area contributed by atoms with E-state index in [0.717, 1.165) is 24.4 Å². The monoisotopic (exact) mass is 433 g/mol. The van der Waals surface area contributed by atoms with E-state index in [1.807, 2.05) is 24.3 Å². The van der Waals surface area contributed by atoms with Crippen molar-refractivity contribution in [2.75, 3.05) is 36.5 Å². The summed E-state index contributed by atoms with van der Waals surface area (Å²) in [5.74, 6) is 0.422. The minimum Gasteiger partial charge on any atom is -0.486 e. The van der Waals surface area contributed by atoms with Gasteiger partial charge < -0.3 is 29.4 Å². The number of para-hydroxylation sites is 1. The van der Waals surface area contributed by atoms with Crippen LogP contribution in [0.1, 0.15) is 17.4 Å². The molecule has 0 aliphatic carbocycles. The van der Waals surface area contributed by atoms with Gasteiger partial charge in [0.15, 0.2) is 11.5 Å². The van der Waals surface area contributed by atoms with E-state index in [4.69, 9.17) is 13.9 Å². The van der Waals surface area contributed by atoms with Gasteiger partial charge in [0.2, 0.25) is 0 Å². The number of anilines is 2. The van der Waals surface area contributed by atoms with Gasteiger partial charge in [-0.05, 0) is 42.3 Å². The molecule has 2 aliphatic heterocycles. The fourth-order valence-corrected chi connectivity index (χ4v) is 4.11. The van der Waals surface area contributed by atoms with Crippen LogP contribution in [0.4, 0.5) is 11.4 Å². The molecule has 0 fully saturated rings. The Morgan fingerprint density at radius 1 is 0.969 bits per heavy atom. The van der Waals surface area contributed by atoms with E-state index in [1.165, 1.54) is 5.56 Å². The van der Waals surface area contributed by atoms with E-state index in [9.17, 15) is 9.59 Å². The second-order valence-electron chi connectivity index (χ2n) is 7.63. The zero-order valence-corrected chi connectivity index (χ0v) is 17.4. The number of hydrogen-bond acceptors (Lipinski definition) is 6. The van der Waals surface area contributed by atoms with Crippen LogP contribution in [-0.2, 0) is 16.0 Å². The van der Waals surface area contributed by atoms with E-state index in [1.54, 1.807) is 24.5 Å². The van der Waals surface area contributed by atoms with Crippen LogP contribution in [0, 0.1) is 0 Å². The van der Waals surface area contributed by atoms with Gasteiger partial charge in [0.1, 0.15) is 25.0 Å². The topological polar surface area (TPSA) is 93.0 Å². The minimum absolute atomic E-state index is 0.223. The normalized spacial score (nSPS) is 15.1. The zero-order chi connectivity index (χ0) is 21.9. The van der Waals surface area contributed by atoms with Crippen LogP contribution in [0.15, 0.2) is 65.3 Å². The van der Waals surface area contributed by atoms with Crippen LogP contribution in [0.3, 0.4) is 0 Å². The molecule has 0 spiro atoms. The van der Waals surface area contributed by atoms with Crippen molar-refractivity contribution in [2.45, 2.75) is 12.5 Å². The first-order valence-electron chi connectivity index (χ1n) is 10.6. The Morgan fingerprint density at radius 2 is 1.81 bits per heavy atom. The van der Waals surface area contributed by atoms with Gasteiger partial charge in [0, 0.05) is 30.5 Å². The number of carbonyl (C=O) groups is 2. The molecule has 8 nitrogen and oxygen atoms in total. The highest BCUT2D eigenvalue weighted by Gasteiger charge is 2.29. The largest absolute Gasteiger partial charge is 0.486 e. The standard InChI is InChI=1S/C24H23N3O5/c28-23(24(29)26-17-7-8-21-22(14-17)32-13-12-31-21)25-15-19(20-6-3-11-30-20)27-10-9-16-4-1-2-5-18(16)27/h1-8,11,14,19H,9-10,12-13,15H2,(H,25,28)(H,26,29)/t19-/m0/s1. The van der Waals surface area contributed by atoms with Gasteiger partial charge in [-0.2, -0.15) is 0 Å². The molecule has 0 bridgehead atoms. The fourth-order valence-electron chi connectivity index (χ4n) is 4.11.